The van der Waals surface area contributed by atoms with E-state index in [2.05, 4.69) is 14.9 Å². The van der Waals surface area contributed by atoms with Gasteiger partial charge in [-0.3, -0.25) is 9.59 Å². The van der Waals surface area contributed by atoms with Gasteiger partial charge in [-0.25, -0.2) is 18.7 Å². The van der Waals surface area contributed by atoms with Gasteiger partial charge in [0.1, 0.15) is 11.5 Å². The highest BCUT2D eigenvalue weighted by Gasteiger charge is 2.36. The summed E-state index contributed by atoms with van der Waals surface area (Å²) in [6, 6.07) is 3.81. The Morgan fingerprint density at radius 2 is 1.84 bits per heavy atom. The summed E-state index contributed by atoms with van der Waals surface area (Å²) < 4.78 is 26.8. The van der Waals surface area contributed by atoms with Crippen LogP contribution in [-0.4, -0.2) is 64.2 Å². The van der Waals surface area contributed by atoms with Crippen molar-refractivity contribution >= 4 is 23.3 Å². The molecule has 9 heteroatoms. The molecular formula is C22H23F2N5O2. The van der Waals surface area contributed by atoms with Crippen molar-refractivity contribution < 1.29 is 18.4 Å². The highest BCUT2D eigenvalue weighted by Crippen LogP contribution is 2.34. The highest BCUT2D eigenvalue weighted by molar-refractivity contribution is 5.97. The van der Waals surface area contributed by atoms with Crippen LogP contribution in [0.2, 0.25) is 0 Å². The lowest BCUT2D eigenvalue weighted by Crippen LogP contribution is -2.42. The lowest BCUT2D eigenvalue weighted by Gasteiger charge is -2.33. The molecular weight excluding hydrogens is 404 g/mol. The zero-order valence-electron chi connectivity index (χ0n) is 17.3. The lowest BCUT2D eigenvalue weighted by atomic mass is 10.0. The summed E-state index contributed by atoms with van der Waals surface area (Å²) in [5.41, 5.74) is 3.64. The second kappa shape index (κ2) is 7.25. The maximum Gasteiger partial charge on any atom is 0.272 e. The number of halogens is 2. The van der Waals surface area contributed by atoms with Gasteiger partial charge in [-0.15, -0.1) is 0 Å². The molecule has 2 amide bonds. The molecule has 2 aromatic rings. The number of pyridine rings is 2. The summed E-state index contributed by atoms with van der Waals surface area (Å²) in [6.45, 7) is 1.41. The van der Waals surface area contributed by atoms with Crippen LogP contribution in [0.4, 0.5) is 20.3 Å². The Bertz CT molecular complexity index is 1060. The van der Waals surface area contributed by atoms with Crippen molar-refractivity contribution in [2.75, 3.05) is 31.6 Å². The number of amides is 2. The van der Waals surface area contributed by atoms with Crippen molar-refractivity contribution in [3.8, 4) is 0 Å². The Labute approximate surface area is 178 Å². The fourth-order valence-electron chi connectivity index (χ4n) is 4.52. The van der Waals surface area contributed by atoms with Gasteiger partial charge in [-0.2, -0.15) is 0 Å². The van der Waals surface area contributed by atoms with Crippen molar-refractivity contribution in [2.24, 2.45) is 0 Å². The number of carbonyl (C=O) groups excluding carboxylic acids is 2. The molecule has 7 nitrogen and oxygen atoms in total. The Balaban J connectivity index is 1.40. The molecule has 0 unspecified atom stereocenters. The first-order valence-electron chi connectivity index (χ1n) is 10.5. The molecule has 3 aliphatic heterocycles. The molecule has 162 valence electrons. The quantitative estimate of drug-likeness (QED) is 0.737. The van der Waals surface area contributed by atoms with E-state index >= 15 is 0 Å². The zero-order valence-corrected chi connectivity index (χ0v) is 17.3. The van der Waals surface area contributed by atoms with Crippen molar-refractivity contribution in [1.82, 2.24) is 19.8 Å². The van der Waals surface area contributed by atoms with Gasteiger partial charge in [0.25, 0.3) is 17.7 Å². The average molecular weight is 427 g/mol. The first-order chi connectivity index (χ1) is 14.8. The maximum atomic E-state index is 13.4. The molecule has 5 heterocycles. The molecule has 2 aromatic heterocycles. The number of carbonyl (C=O) groups is 2. The summed E-state index contributed by atoms with van der Waals surface area (Å²) in [5, 5.41) is 0. The molecule has 0 atom stereocenters. The number of fused-ring (bicyclic) bond motifs is 2. The smallest absolute Gasteiger partial charge is 0.272 e. The summed E-state index contributed by atoms with van der Waals surface area (Å²) in [5.74, 6) is -2.23. The van der Waals surface area contributed by atoms with Crippen LogP contribution in [0, 0.1) is 0 Å². The first kappa shape index (κ1) is 19.8. The van der Waals surface area contributed by atoms with Gasteiger partial charge in [0, 0.05) is 57.8 Å². The molecule has 3 aliphatic rings. The third kappa shape index (κ3) is 3.51. The Kier molecular flexibility index (Phi) is 4.64. The van der Waals surface area contributed by atoms with E-state index in [0.717, 1.165) is 42.0 Å². The minimum Gasteiger partial charge on any atom is -0.338 e. The van der Waals surface area contributed by atoms with Crippen molar-refractivity contribution in [1.29, 1.82) is 0 Å². The van der Waals surface area contributed by atoms with Gasteiger partial charge in [0.15, 0.2) is 0 Å². The van der Waals surface area contributed by atoms with E-state index in [4.69, 9.17) is 0 Å². The third-order valence-electron chi connectivity index (χ3n) is 6.28. The van der Waals surface area contributed by atoms with Gasteiger partial charge in [-0.05, 0) is 30.5 Å². The average Bonchev–Trinajstić information content (AvgIpc) is 3.05. The number of likely N-dealkylation sites (tertiary alicyclic amines) is 1. The van der Waals surface area contributed by atoms with Crippen molar-refractivity contribution in [3.05, 3.63) is 46.9 Å². The fraction of sp³-hybridized carbons (Fsp3) is 0.455. The minimum atomic E-state index is -2.69. The molecule has 0 aromatic carbocycles. The zero-order chi connectivity index (χ0) is 21.8. The van der Waals surface area contributed by atoms with Crippen molar-refractivity contribution in [2.45, 2.75) is 38.2 Å². The van der Waals surface area contributed by atoms with Gasteiger partial charge in [0.2, 0.25) is 0 Å². The van der Waals surface area contributed by atoms with E-state index in [1.807, 2.05) is 12.1 Å². The Morgan fingerprint density at radius 3 is 2.61 bits per heavy atom. The highest BCUT2D eigenvalue weighted by atomic mass is 19.3. The molecule has 1 fully saturated rings. The number of piperidine rings is 1. The number of aromatic nitrogens is 2. The fourth-order valence-corrected chi connectivity index (χ4v) is 4.52. The number of hydrogen-bond donors (Lipinski definition) is 0. The second-order valence-electron chi connectivity index (χ2n) is 8.47. The molecule has 0 spiro atoms. The standard InChI is InChI=1S/C22H23F2N5O2/c1-27-13-16-10-17(12-25-18(16)21(27)31)29-6-2-3-14-9-15(11-26-19(14)29)20(30)28-7-4-22(23,24)5-8-28/h9-12H,2-8,13H2,1H3. The van der Waals surface area contributed by atoms with E-state index in [1.165, 1.54) is 11.1 Å². The van der Waals surface area contributed by atoms with Gasteiger partial charge < -0.3 is 14.7 Å². The van der Waals surface area contributed by atoms with E-state index in [0.29, 0.717) is 17.8 Å². The molecule has 5 rings (SSSR count). The number of nitrogens with zero attached hydrogens (tertiary/aromatic N) is 5. The van der Waals surface area contributed by atoms with Crippen molar-refractivity contribution in [3.63, 3.8) is 0 Å². The van der Waals surface area contributed by atoms with Crippen LogP contribution < -0.4 is 4.90 Å². The normalized spacial score (nSPS) is 20.0. The SMILES string of the molecule is CN1Cc2cc(N3CCCc4cc(C(=O)N5CCC(F)(F)CC5)cnc43)cnc2C1=O. The number of anilines is 2. The van der Waals surface area contributed by atoms with Crippen LogP contribution in [0.3, 0.4) is 0 Å². The summed E-state index contributed by atoms with van der Waals surface area (Å²) in [4.78, 5) is 39.1. The van der Waals surface area contributed by atoms with E-state index in [-0.39, 0.29) is 37.7 Å². The second-order valence-corrected chi connectivity index (χ2v) is 8.47. The maximum absolute atomic E-state index is 13.4. The first-order valence-corrected chi connectivity index (χ1v) is 10.5. The van der Waals surface area contributed by atoms with Gasteiger partial charge >= 0.3 is 0 Å². The molecule has 0 aliphatic carbocycles. The van der Waals surface area contributed by atoms with Gasteiger partial charge in [-0.1, -0.05) is 0 Å². The molecule has 0 saturated carbocycles. The van der Waals surface area contributed by atoms with Crippen LogP contribution >= 0.6 is 0 Å². The molecule has 31 heavy (non-hydrogen) atoms. The molecule has 0 N–H and O–H groups in total. The summed E-state index contributed by atoms with van der Waals surface area (Å²) in [6.07, 6.45) is 4.31. The minimum absolute atomic E-state index is 0.0585. The van der Waals surface area contributed by atoms with Crippen LogP contribution in [-0.2, 0) is 13.0 Å². The Morgan fingerprint density at radius 1 is 1.06 bits per heavy atom. The van der Waals surface area contributed by atoms with E-state index < -0.39 is 5.92 Å². The molecule has 0 bridgehead atoms. The topological polar surface area (TPSA) is 69.6 Å². The predicted molar refractivity (Wildman–Crippen MR) is 110 cm³/mol. The summed E-state index contributed by atoms with van der Waals surface area (Å²) >= 11 is 0. The largest absolute Gasteiger partial charge is 0.338 e. The van der Waals surface area contributed by atoms with E-state index in [1.54, 1.807) is 18.1 Å². The summed E-state index contributed by atoms with van der Waals surface area (Å²) in [7, 11) is 1.75. The van der Waals surface area contributed by atoms with Crippen LogP contribution in [0.15, 0.2) is 24.5 Å². The lowest BCUT2D eigenvalue weighted by molar-refractivity contribution is -0.0494. The third-order valence-corrected chi connectivity index (χ3v) is 6.28. The number of alkyl halides is 2. The van der Waals surface area contributed by atoms with E-state index in [9.17, 15) is 18.4 Å². The number of rotatable bonds is 2. The molecule has 1 saturated heterocycles. The van der Waals surface area contributed by atoms with Crippen LogP contribution in [0.1, 0.15) is 51.2 Å². The number of aryl methyl sites for hydroxylation is 1. The van der Waals surface area contributed by atoms with Gasteiger partial charge in [0.05, 0.1) is 17.4 Å². The Hall–Kier alpha value is -3.10. The van der Waals surface area contributed by atoms with Crippen LogP contribution in [0.25, 0.3) is 0 Å². The predicted octanol–water partition coefficient (Wildman–Crippen LogP) is 3.02. The molecule has 0 radical (unpaired) electrons. The number of hydrogen-bond acceptors (Lipinski definition) is 5. The van der Waals surface area contributed by atoms with Crippen LogP contribution in [0.5, 0.6) is 0 Å². The monoisotopic (exact) mass is 427 g/mol.